The fourth-order valence-electron chi connectivity index (χ4n) is 2.81. The lowest BCUT2D eigenvalue weighted by molar-refractivity contribution is 0.392. The molecule has 0 aliphatic rings. The molecule has 0 spiro atoms. The van der Waals surface area contributed by atoms with Crippen LogP contribution >= 0.6 is 24.0 Å². The lowest BCUT2D eigenvalue weighted by atomic mass is 10.1. The number of nitrogens with one attached hydrogen (secondary N) is 2. The predicted octanol–water partition coefficient (Wildman–Crippen LogP) is 3.70. The zero-order chi connectivity index (χ0) is 18.2. The molecule has 0 amide bonds. The van der Waals surface area contributed by atoms with Gasteiger partial charge in [-0.15, -0.1) is 24.0 Å². The molecular weight excluding hydrogens is 446 g/mol. The second kappa shape index (κ2) is 11.2. The molecule has 2 rings (SSSR count). The number of hydrogen-bond acceptors (Lipinski definition) is 3. The minimum absolute atomic E-state index is 0. The summed E-state index contributed by atoms with van der Waals surface area (Å²) in [5, 5.41) is 10.6. The molecule has 0 aliphatic heterocycles. The average molecular weight is 474 g/mol. The number of aliphatic imine (C=N–C) groups is 1. The number of halogens is 2. The van der Waals surface area contributed by atoms with Crippen LogP contribution in [0.2, 0.25) is 0 Å². The first-order chi connectivity index (χ1) is 12.0. The molecule has 0 fully saturated rings. The van der Waals surface area contributed by atoms with Crippen molar-refractivity contribution in [3.8, 4) is 0 Å². The minimum atomic E-state index is -0.190. The van der Waals surface area contributed by atoms with Gasteiger partial charge in [-0.3, -0.25) is 4.99 Å². The molecule has 2 N–H and O–H groups in total. The van der Waals surface area contributed by atoms with Gasteiger partial charge in [-0.05, 0) is 63.3 Å². The highest BCUT2D eigenvalue weighted by atomic mass is 127. The molecule has 1 heterocycles. The maximum atomic E-state index is 13.1. The van der Waals surface area contributed by atoms with Gasteiger partial charge >= 0.3 is 0 Å². The highest BCUT2D eigenvalue weighted by Gasteiger charge is 2.08. The van der Waals surface area contributed by atoms with Crippen molar-refractivity contribution < 1.29 is 8.91 Å². The molecule has 0 atom stereocenters. The molecule has 1 aromatic carbocycles. The van der Waals surface area contributed by atoms with Gasteiger partial charge in [0.15, 0.2) is 5.96 Å². The summed E-state index contributed by atoms with van der Waals surface area (Å²) in [4.78, 5) is 4.23. The Balaban J connectivity index is 0.00000338. The van der Waals surface area contributed by atoms with Crippen molar-refractivity contribution in [3.05, 3.63) is 52.2 Å². The summed E-state index contributed by atoms with van der Waals surface area (Å²) in [6, 6.07) is 4.91. The van der Waals surface area contributed by atoms with Crippen molar-refractivity contribution in [1.82, 2.24) is 15.8 Å². The molecule has 0 saturated carbocycles. The SMILES string of the molecule is CN=C(NCCCc1c(C)noc1C)NCCc1ccc(F)cc1C.I. The first kappa shape index (κ1) is 22.4. The molecule has 0 aliphatic carbocycles. The Morgan fingerprint density at radius 1 is 1.15 bits per heavy atom. The summed E-state index contributed by atoms with van der Waals surface area (Å²) < 4.78 is 18.3. The van der Waals surface area contributed by atoms with E-state index < -0.39 is 0 Å². The van der Waals surface area contributed by atoms with Crippen LogP contribution < -0.4 is 10.6 Å². The Hall–Kier alpha value is -1.64. The summed E-state index contributed by atoms with van der Waals surface area (Å²) in [5.41, 5.74) is 4.28. The van der Waals surface area contributed by atoms with E-state index in [2.05, 4.69) is 20.8 Å². The largest absolute Gasteiger partial charge is 0.361 e. The van der Waals surface area contributed by atoms with E-state index in [1.807, 2.05) is 26.8 Å². The molecular formula is C19H28FIN4O. The van der Waals surface area contributed by atoms with Crippen LogP contribution in [0.4, 0.5) is 4.39 Å². The number of aryl methyl sites for hydroxylation is 3. The second-order valence-corrected chi connectivity index (χ2v) is 6.15. The highest BCUT2D eigenvalue weighted by Crippen LogP contribution is 2.13. The molecule has 144 valence electrons. The summed E-state index contributed by atoms with van der Waals surface area (Å²) >= 11 is 0. The van der Waals surface area contributed by atoms with Crippen LogP contribution in [0.5, 0.6) is 0 Å². The van der Waals surface area contributed by atoms with E-state index in [9.17, 15) is 4.39 Å². The van der Waals surface area contributed by atoms with E-state index in [0.29, 0.717) is 0 Å². The number of hydrogen-bond donors (Lipinski definition) is 2. The van der Waals surface area contributed by atoms with Gasteiger partial charge in [0.2, 0.25) is 0 Å². The van der Waals surface area contributed by atoms with Gasteiger partial charge in [0.25, 0.3) is 0 Å². The normalized spacial score (nSPS) is 11.2. The van der Waals surface area contributed by atoms with E-state index in [1.165, 1.54) is 11.6 Å². The third-order valence-corrected chi connectivity index (χ3v) is 4.29. The Labute approximate surface area is 171 Å². The first-order valence-electron chi connectivity index (χ1n) is 8.62. The molecule has 0 radical (unpaired) electrons. The van der Waals surface area contributed by atoms with Gasteiger partial charge in [0, 0.05) is 25.7 Å². The summed E-state index contributed by atoms with van der Waals surface area (Å²) in [6.07, 6.45) is 2.73. The van der Waals surface area contributed by atoms with Crippen LogP contribution in [0.1, 0.15) is 34.6 Å². The van der Waals surface area contributed by atoms with Crippen LogP contribution in [0.15, 0.2) is 27.7 Å². The van der Waals surface area contributed by atoms with Gasteiger partial charge in [-0.2, -0.15) is 0 Å². The van der Waals surface area contributed by atoms with E-state index in [-0.39, 0.29) is 29.8 Å². The molecule has 2 aromatic rings. The maximum absolute atomic E-state index is 13.1. The topological polar surface area (TPSA) is 62.5 Å². The van der Waals surface area contributed by atoms with E-state index >= 15 is 0 Å². The lowest BCUT2D eigenvalue weighted by Crippen LogP contribution is -2.38. The molecule has 1 aromatic heterocycles. The Morgan fingerprint density at radius 2 is 1.88 bits per heavy atom. The van der Waals surface area contributed by atoms with Crippen molar-refractivity contribution >= 4 is 29.9 Å². The van der Waals surface area contributed by atoms with Crippen LogP contribution in [0.25, 0.3) is 0 Å². The van der Waals surface area contributed by atoms with Gasteiger partial charge in [0.1, 0.15) is 11.6 Å². The van der Waals surface area contributed by atoms with Gasteiger partial charge < -0.3 is 15.2 Å². The quantitative estimate of drug-likeness (QED) is 0.278. The molecule has 5 nitrogen and oxygen atoms in total. The Morgan fingerprint density at radius 3 is 2.50 bits per heavy atom. The van der Waals surface area contributed by atoms with Crippen LogP contribution in [0.3, 0.4) is 0 Å². The fourth-order valence-corrected chi connectivity index (χ4v) is 2.81. The minimum Gasteiger partial charge on any atom is -0.361 e. The molecule has 0 saturated heterocycles. The van der Waals surface area contributed by atoms with E-state index in [1.54, 1.807) is 13.1 Å². The van der Waals surface area contributed by atoms with E-state index in [4.69, 9.17) is 4.52 Å². The number of benzene rings is 1. The summed E-state index contributed by atoms with van der Waals surface area (Å²) in [6.45, 7) is 7.41. The lowest BCUT2D eigenvalue weighted by Gasteiger charge is -2.12. The monoisotopic (exact) mass is 474 g/mol. The first-order valence-corrected chi connectivity index (χ1v) is 8.62. The van der Waals surface area contributed by atoms with Crippen molar-refractivity contribution in [1.29, 1.82) is 0 Å². The van der Waals surface area contributed by atoms with Crippen molar-refractivity contribution in [2.45, 2.75) is 40.0 Å². The van der Waals surface area contributed by atoms with Gasteiger partial charge in [-0.1, -0.05) is 11.2 Å². The van der Waals surface area contributed by atoms with Crippen molar-refractivity contribution in [2.24, 2.45) is 4.99 Å². The van der Waals surface area contributed by atoms with Gasteiger partial charge in [0.05, 0.1) is 5.69 Å². The predicted molar refractivity (Wildman–Crippen MR) is 114 cm³/mol. The third kappa shape index (κ3) is 6.59. The number of nitrogens with zero attached hydrogens (tertiary/aromatic N) is 2. The summed E-state index contributed by atoms with van der Waals surface area (Å²) in [7, 11) is 1.76. The summed E-state index contributed by atoms with van der Waals surface area (Å²) in [5.74, 6) is 1.48. The molecule has 0 unspecified atom stereocenters. The van der Waals surface area contributed by atoms with Crippen molar-refractivity contribution in [2.75, 3.05) is 20.1 Å². The average Bonchev–Trinajstić information content (AvgIpc) is 2.90. The van der Waals surface area contributed by atoms with Gasteiger partial charge in [-0.25, -0.2) is 4.39 Å². The number of rotatable bonds is 7. The van der Waals surface area contributed by atoms with Crippen LogP contribution in [-0.2, 0) is 12.8 Å². The van der Waals surface area contributed by atoms with E-state index in [0.717, 1.165) is 60.9 Å². The zero-order valence-electron chi connectivity index (χ0n) is 15.9. The Kier molecular flexibility index (Phi) is 9.61. The smallest absolute Gasteiger partial charge is 0.190 e. The maximum Gasteiger partial charge on any atom is 0.190 e. The second-order valence-electron chi connectivity index (χ2n) is 6.15. The third-order valence-electron chi connectivity index (χ3n) is 4.29. The number of guanidine groups is 1. The van der Waals surface area contributed by atoms with Crippen LogP contribution in [0, 0.1) is 26.6 Å². The van der Waals surface area contributed by atoms with Crippen LogP contribution in [-0.4, -0.2) is 31.3 Å². The highest BCUT2D eigenvalue weighted by molar-refractivity contribution is 14.0. The zero-order valence-corrected chi connectivity index (χ0v) is 18.2. The standard InChI is InChI=1S/C19H27FN4O.HI/c1-13-12-17(20)8-7-16(13)9-11-23-19(21-4)22-10-5-6-18-14(2)24-25-15(18)3;/h7-8,12H,5-6,9-11H2,1-4H3,(H2,21,22,23);1H. The molecule has 26 heavy (non-hydrogen) atoms. The molecule has 7 heteroatoms. The fraction of sp³-hybridized carbons (Fsp3) is 0.474. The Bertz CT molecular complexity index is 711. The number of aromatic nitrogens is 1. The molecule has 0 bridgehead atoms. The van der Waals surface area contributed by atoms with Crippen molar-refractivity contribution in [3.63, 3.8) is 0 Å².